The van der Waals surface area contributed by atoms with Crippen molar-refractivity contribution >= 4 is 21.7 Å². The van der Waals surface area contributed by atoms with Gasteiger partial charge in [-0.2, -0.15) is 0 Å². The molecule has 0 radical (unpaired) electrons. The number of hydrogen-bond acceptors (Lipinski definition) is 8. The molecule has 1 saturated carbocycles. The van der Waals surface area contributed by atoms with E-state index in [0.29, 0.717) is 41.4 Å². The molecule has 0 amide bonds. The van der Waals surface area contributed by atoms with Gasteiger partial charge in [0, 0.05) is 29.7 Å². The summed E-state index contributed by atoms with van der Waals surface area (Å²) in [5.41, 5.74) is 3.28. The van der Waals surface area contributed by atoms with Gasteiger partial charge in [0.1, 0.15) is 29.5 Å². The van der Waals surface area contributed by atoms with Crippen LogP contribution >= 0.6 is 0 Å². The second-order valence-corrected chi connectivity index (χ2v) is 14.0. The van der Waals surface area contributed by atoms with Crippen LogP contribution in [-0.4, -0.2) is 41.2 Å². The molecule has 1 spiro atoms. The highest BCUT2D eigenvalue weighted by Crippen LogP contribution is 2.43. The van der Waals surface area contributed by atoms with Crippen molar-refractivity contribution in [2.75, 3.05) is 4.72 Å². The molecule has 1 fully saturated rings. The zero-order valence-electron chi connectivity index (χ0n) is 26.7. The molecule has 2 heterocycles. The van der Waals surface area contributed by atoms with Gasteiger partial charge in [-0.05, 0) is 56.4 Å². The van der Waals surface area contributed by atoms with Crippen molar-refractivity contribution in [3.63, 3.8) is 0 Å². The summed E-state index contributed by atoms with van der Waals surface area (Å²) in [6.45, 7) is 6.44. The molecule has 2 N–H and O–H groups in total. The summed E-state index contributed by atoms with van der Waals surface area (Å²) in [6.07, 6.45) is 6.17. The maximum atomic E-state index is 13.7. The normalized spacial score (nSPS) is 17.4. The number of ether oxygens (including phenoxy) is 1. The van der Waals surface area contributed by atoms with Gasteiger partial charge in [0.15, 0.2) is 12.0 Å². The minimum atomic E-state index is -4.04. The Kier molecular flexibility index (Phi) is 9.20. The van der Waals surface area contributed by atoms with Crippen LogP contribution in [0, 0.1) is 13.8 Å². The van der Waals surface area contributed by atoms with E-state index in [1.54, 1.807) is 32.0 Å². The van der Waals surface area contributed by atoms with Crippen molar-refractivity contribution in [2.24, 2.45) is 4.99 Å². The fourth-order valence-electron chi connectivity index (χ4n) is 6.44. The van der Waals surface area contributed by atoms with Crippen LogP contribution in [0.2, 0.25) is 0 Å². The molecule has 10 heteroatoms. The lowest BCUT2D eigenvalue weighted by Gasteiger charge is -2.31. The molecule has 1 atom stereocenters. The molecule has 1 aromatic heterocycles. The molecular weight excluding hydrogens is 600 g/mol. The number of nitrogens with one attached hydrogen (secondary N) is 1. The number of aliphatic imine (C=N–C) groups is 1. The third-order valence-electron chi connectivity index (χ3n) is 9.17. The van der Waals surface area contributed by atoms with Gasteiger partial charge in [-0.3, -0.25) is 9.71 Å². The fourth-order valence-corrected chi connectivity index (χ4v) is 7.72. The van der Waals surface area contributed by atoms with Gasteiger partial charge in [-0.15, -0.1) is 0 Å². The second kappa shape index (κ2) is 13.3. The van der Waals surface area contributed by atoms with E-state index in [4.69, 9.17) is 14.3 Å². The number of amidine groups is 1. The third kappa shape index (κ3) is 6.41. The van der Waals surface area contributed by atoms with Gasteiger partial charge in [-0.1, -0.05) is 92.0 Å². The molecule has 6 rings (SSSR count). The molecule has 1 aliphatic carbocycles. The first kappa shape index (κ1) is 31.8. The second-order valence-electron chi connectivity index (χ2n) is 12.4. The van der Waals surface area contributed by atoms with Crippen molar-refractivity contribution in [1.29, 1.82) is 0 Å². The van der Waals surface area contributed by atoms with Crippen LogP contribution in [0.25, 0.3) is 11.1 Å². The quantitative estimate of drug-likeness (QED) is 0.166. The number of aliphatic hydroxyl groups is 1. The smallest absolute Gasteiger partial charge is 0.263 e. The third-order valence-corrected chi connectivity index (χ3v) is 10.6. The number of unbranched alkanes of at least 4 members (excludes halogenated alkanes) is 1. The summed E-state index contributed by atoms with van der Waals surface area (Å²) in [6, 6.07) is 22.6. The van der Waals surface area contributed by atoms with Crippen LogP contribution in [0.3, 0.4) is 0 Å². The van der Waals surface area contributed by atoms with E-state index in [-0.39, 0.29) is 10.7 Å². The van der Waals surface area contributed by atoms with Gasteiger partial charge in [0.05, 0.1) is 4.90 Å². The Morgan fingerprint density at radius 2 is 1.74 bits per heavy atom. The lowest BCUT2D eigenvalue weighted by molar-refractivity contribution is 0.00292. The number of sulfonamides is 1. The Morgan fingerprint density at radius 1 is 1.00 bits per heavy atom. The number of aliphatic hydroxyl groups excluding tert-OH is 1. The zero-order chi connectivity index (χ0) is 32.3. The van der Waals surface area contributed by atoms with Crippen LogP contribution in [0.1, 0.15) is 74.3 Å². The molecule has 3 aromatic carbocycles. The SMILES string of the molecule is CCCCC1=NC2(CCCC2)C(O)N1Cc1ccc(-c2ccccc2S(=O)(=O)Nc2noc(C)c2C)c(OCc2ccccc2)c1. The molecule has 0 bridgehead atoms. The van der Waals surface area contributed by atoms with E-state index in [1.807, 2.05) is 54.6 Å². The predicted octanol–water partition coefficient (Wildman–Crippen LogP) is 7.37. The summed E-state index contributed by atoms with van der Waals surface area (Å²) < 4.78 is 41.7. The van der Waals surface area contributed by atoms with Gasteiger partial charge in [-0.25, -0.2) is 8.42 Å². The number of aryl methyl sites for hydroxylation is 1. The van der Waals surface area contributed by atoms with Crippen LogP contribution in [-0.2, 0) is 23.2 Å². The highest BCUT2D eigenvalue weighted by atomic mass is 32.2. The number of anilines is 1. The standard InChI is InChI=1S/C36H42N4O5S/c1-4-5-17-33-37-36(20-11-12-21-36)35(41)40(33)23-28-18-19-29(31(22-28)44-24-27-13-7-6-8-14-27)30-15-9-10-16-32(30)46(42,43)39-34-25(2)26(3)45-38-34/h6-10,13-16,18-19,22,35,41H,4-5,11-12,17,20-21,23-24H2,1-3H3,(H,38,39). The summed E-state index contributed by atoms with van der Waals surface area (Å²) in [7, 11) is -4.04. The topological polar surface area (TPSA) is 117 Å². The number of rotatable bonds is 12. The lowest BCUT2D eigenvalue weighted by Crippen LogP contribution is -2.45. The van der Waals surface area contributed by atoms with Crippen molar-refractivity contribution in [1.82, 2.24) is 10.1 Å². The van der Waals surface area contributed by atoms with Crippen LogP contribution < -0.4 is 9.46 Å². The minimum absolute atomic E-state index is 0.0967. The van der Waals surface area contributed by atoms with Crippen molar-refractivity contribution in [3.05, 3.63) is 95.2 Å². The van der Waals surface area contributed by atoms with Gasteiger partial charge >= 0.3 is 0 Å². The van der Waals surface area contributed by atoms with Crippen LogP contribution in [0.4, 0.5) is 5.82 Å². The predicted molar refractivity (Wildman–Crippen MR) is 179 cm³/mol. The maximum absolute atomic E-state index is 13.7. The van der Waals surface area contributed by atoms with E-state index in [9.17, 15) is 13.5 Å². The summed E-state index contributed by atoms with van der Waals surface area (Å²) in [5.74, 6) is 2.22. The highest BCUT2D eigenvalue weighted by molar-refractivity contribution is 7.92. The lowest BCUT2D eigenvalue weighted by atomic mass is 9.96. The Morgan fingerprint density at radius 3 is 2.46 bits per heavy atom. The van der Waals surface area contributed by atoms with Crippen LogP contribution in [0.15, 0.2) is 87.2 Å². The van der Waals surface area contributed by atoms with Crippen LogP contribution in [0.5, 0.6) is 5.75 Å². The van der Waals surface area contributed by atoms with Gasteiger partial charge < -0.3 is 19.3 Å². The first-order valence-corrected chi connectivity index (χ1v) is 17.6. The van der Waals surface area contributed by atoms with Crippen molar-refractivity contribution in [3.8, 4) is 16.9 Å². The molecule has 0 saturated heterocycles. The molecule has 9 nitrogen and oxygen atoms in total. The van der Waals surface area contributed by atoms with E-state index >= 15 is 0 Å². The summed E-state index contributed by atoms with van der Waals surface area (Å²) in [4.78, 5) is 7.29. The van der Waals surface area contributed by atoms with E-state index in [2.05, 4.69) is 21.7 Å². The molecule has 242 valence electrons. The molecule has 4 aromatic rings. The largest absolute Gasteiger partial charge is 0.488 e. The number of nitrogens with zero attached hydrogens (tertiary/aromatic N) is 3. The average molecular weight is 643 g/mol. The fraction of sp³-hybridized carbons (Fsp3) is 0.389. The first-order chi connectivity index (χ1) is 22.2. The minimum Gasteiger partial charge on any atom is -0.488 e. The van der Waals surface area contributed by atoms with Gasteiger partial charge in [0.25, 0.3) is 10.0 Å². The molecule has 46 heavy (non-hydrogen) atoms. The average Bonchev–Trinajstić information content (AvgIpc) is 3.74. The summed E-state index contributed by atoms with van der Waals surface area (Å²) in [5, 5.41) is 15.5. The number of aromatic nitrogens is 1. The Labute approximate surface area is 271 Å². The van der Waals surface area contributed by atoms with Crippen molar-refractivity contribution in [2.45, 2.75) is 95.5 Å². The highest BCUT2D eigenvalue weighted by Gasteiger charge is 2.49. The number of benzene rings is 3. The number of hydrogen-bond donors (Lipinski definition) is 2. The van der Waals surface area contributed by atoms with Crippen molar-refractivity contribution < 1.29 is 22.8 Å². The first-order valence-electron chi connectivity index (χ1n) is 16.1. The zero-order valence-corrected chi connectivity index (χ0v) is 27.5. The molecule has 1 unspecified atom stereocenters. The molecule has 1 aliphatic heterocycles. The van der Waals surface area contributed by atoms with E-state index < -0.39 is 21.8 Å². The Hall–Kier alpha value is -4.15. The molecule has 2 aliphatic rings. The Balaban J connectivity index is 1.36. The maximum Gasteiger partial charge on any atom is 0.263 e. The molecular formula is C36H42N4O5S. The monoisotopic (exact) mass is 642 g/mol. The van der Waals surface area contributed by atoms with E-state index in [0.717, 1.165) is 61.9 Å². The van der Waals surface area contributed by atoms with E-state index in [1.165, 1.54) is 0 Å². The van der Waals surface area contributed by atoms with Gasteiger partial charge in [0.2, 0.25) is 0 Å². The Bertz CT molecular complexity index is 1810. The summed E-state index contributed by atoms with van der Waals surface area (Å²) >= 11 is 0.